The lowest BCUT2D eigenvalue weighted by Gasteiger charge is -2.13. The number of nitrogens with zero attached hydrogens (tertiary/aromatic N) is 3. The first-order chi connectivity index (χ1) is 13.5. The quantitative estimate of drug-likeness (QED) is 0.570. The van der Waals surface area contributed by atoms with Crippen molar-refractivity contribution in [1.82, 2.24) is 14.1 Å². The number of aryl methyl sites for hydroxylation is 1. The number of hydrogen-bond acceptors (Lipinski definition) is 3. The van der Waals surface area contributed by atoms with Crippen molar-refractivity contribution in [2.45, 2.75) is 39.3 Å². The second-order valence-electron chi connectivity index (χ2n) is 6.62. The van der Waals surface area contributed by atoms with Gasteiger partial charge >= 0.3 is 5.97 Å². The minimum absolute atomic E-state index is 0.235. The van der Waals surface area contributed by atoms with Gasteiger partial charge in [0.1, 0.15) is 11.5 Å². The van der Waals surface area contributed by atoms with E-state index in [1.165, 1.54) is 0 Å². The van der Waals surface area contributed by atoms with Crippen LogP contribution in [0.2, 0.25) is 5.15 Å². The molecule has 0 bridgehead atoms. The Balaban J connectivity index is 1.87. The summed E-state index contributed by atoms with van der Waals surface area (Å²) in [5.74, 6) is 0.00783. The number of halogens is 1. The van der Waals surface area contributed by atoms with Crippen LogP contribution in [0.5, 0.6) is 0 Å². The molecule has 7 heteroatoms. The number of carboxylic acids is 1. The zero-order chi connectivity index (χ0) is 20.1. The van der Waals surface area contributed by atoms with Crippen LogP contribution in [0, 0.1) is 0 Å². The summed E-state index contributed by atoms with van der Waals surface area (Å²) in [6, 6.07) is 11.1. The van der Waals surface area contributed by atoms with Crippen LogP contribution in [0.15, 0.2) is 42.6 Å². The van der Waals surface area contributed by atoms with Gasteiger partial charge in [-0.25, -0.2) is 9.78 Å². The number of rotatable bonds is 9. The fraction of sp³-hybridized carbons (Fsp3) is 0.333. The maximum absolute atomic E-state index is 11.3. The molecule has 3 rings (SSSR count). The van der Waals surface area contributed by atoms with Crippen LogP contribution in [0.3, 0.4) is 0 Å². The lowest BCUT2D eigenvalue weighted by atomic mass is 10.2. The molecule has 0 aliphatic heterocycles. The molecule has 3 aromatic rings. The molecule has 0 saturated carbocycles. The second-order valence-corrected chi connectivity index (χ2v) is 6.98. The van der Waals surface area contributed by atoms with Crippen LogP contribution in [0.25, 0.3) is 5.69 Å². The highest BCUT2D eigenvalue weighted by atomic mass is 35.5. The number of aromatic carboxylic acids is 1. The Morgan fingerprint density at radius 2 is 2.00 bits per heavy atom. The third kappa shape index (κ3) is 4.29. The molecule has 1 N–H and O–H groups in total. The molecule has 1 aromatic carbocycles. The fourth-order valence-corrected chi connectivity index (χ4v) is 3.47. The first-order valence-electron chi connectivity index (χ1n) is 9.27. The number of imidazole rings is 1. The molecule has 148 valence electrons. The summed E-state index contributed by atoms with van der Waals surface area (Å²) in [6.45, 7) is 3.19. The average Bonchev–Trinajstić information content (AvgIpc) is 3.28. The van der Waals surface area contributed by atoms with E-state index in [4.69, 9.17) is 16.3 Å². The molecular weight excluding hydrogens is 378 g/mol. The lowest BCUT2D eigenvalue weighted by Crippen LogP contribution is -2.10. The maximum atomic E-state index is 11.3. The number of hydrogen-bond donors (Lipinski definition) is 1. The van der Waals surface area contributed by atoms with E-state index in [1.807, 2.05) is 24.3 Å². The van der Waals surface area contributed by atoms with Gasteiger partial charge in [0.05, 0.1) is 12.3 Å². The van der Waals surface area contributed by atoms with Gasteiger partial charge in [-0.1, -0.05) is 37.1 Å². The molecular formula is C21H24ClN3O3. The molecule has 2 heterocycles. The molecule has 0 aliphatic carbocycles. The smallest absolute Gasteiger partial charge is 0.352 e. The van der Waals surface area contributed by atoms with Crippen molar-refractivity contribution in [3.8, 4) is 5.69 Å². The van der Waals surface area contributed by atoms with Crippen LogP contribution in [0.4, 0.5) is 0 Å². The number of benzene rings is 1. The number of methoxy groups -OCH3 is 1. The van der Waals surface area contributed by atoms with E-state index < -0.39 is 5.97 Å². The third-order valence-corrected chi connectivity index (χ3v) is 4.96. The third-order valence-electron chi connectivity index (χ3n) is 4.66. The standard InChI is InChI=1S/C21H24ClN3O3/c1-3-4-7-19-23-20(22)18(14-28-2)25(19)13-15-8-10-16(11-9-15)24-12-5-6-17(24)21(26)27/h5-6,8-12H,3-4,7,13-14H2,1-2H3,(H,26,27). The number of unbranched alkanes of at least 4 members (excludes halogenated alkanes) is 1. The van der Waals surface area contributed by atoms with E-state index in [-0.39, 0.29) is 5.69 Å². The number of carbonyl (C=O) groups is 1. The molecule has 0 aliphatic rings. The second kappa shape index (κ2) is 9.08. The van der Waals surface area contributed by atoms with E-state index in [1.54, 1.807) is 30.0 Å². The summed E-state index contributed by atoms with van der Waals surface area (Å²) >= 11 is 6.34. The normalized spacial score (nSPS) is 11.1. The molecule has 0 saturated heterocycles. The molecule has 0 atom stereocenters. The summed E-state index contributed by atoms with van der Waals surface area (Å²) in [6.07, 6.45) is 4.74. The van der Waals surface area contributed by atoms with Crippen LogP contribution >= 0.6 is 11.6 Å². The zero-order valence-corrected chi connectivity index (χ0v) is 16.8. The van der Waals surface area contributed by atoms with Crippen LogP contribution < -0.4 is 0 Å². The highest BCUT2D eigenvalue weighted by Crippen LogP contribution is 2.22. The van der Waals surface area contributed by atoms with Gasteiger partial charge in [-0.15, -0.1) is 0 Å². The van der Waals surface area contributed by atoms with Gasteiger partial charge in [0.15, 0.2) is 5.15 Å². The monoisotopic (exact) mass is 401 g/mol. The van der Waals surface area contributed by atoms with Crippen molar-refractivity contribution < 1.29 is 14.6 Å². The van der Waals surface area contributed by atoms with E-state index in [0.29, 0.717) is 18.3 Å². The number of carboxylic acid groups (broad SMARTS) is 1. The van der Waals surface area contributed by atoms with Crippen molar-refractivity contribution in [2.24, 2.45) is 0 Å². The van der Waals surface area contributed by atoms with Crippen molar-refractivity contribution in [1.29, 1.82) is 0 Å². The van der Waals surface area contributed by atoms with Crippen molar-refractivity contribution >= 4 is 17.6 Å². The van der Waals surface area contributed by atoms with Gasteiger partial charge in [-0.05, 0) is 36.2 Å². The highest BCUT2D eigenvalue weighted by Gasteiger charge is 2.16. The molecule has 6 nitrogen and oxygen atoms in total. The predicted octanol–water partition coefficient (Wildman–Crippen LogP) is 4.56. The minimum atomic E-state index is -0.952. The Hall–Kier alpha value is -2.57. The van der Waals surface area contributed by atoms with Gasteiger partial charge in [0.2, 0.25) is 0 Å². The van der Waals surface area contributed by atoms with Gasteiger partial charge in [-0.3, -0.25) is 0 Å². The Morgan fingerprint density at radius 3 is 2.64 bits per heavy atom. The number of aromatic nitrogens is 3. The summed E-state index contributed by atoms with van der Waals surface area (Å²) < 4.78 is 9.08. The molecule has 0 unspecified atom stereocenters. The summed E-state index contributed by atoms with van der Waals surface area (Å²) in [5.41, 5.74) is 2.99. The predicted molar refractivity (Wildman–Crippen MR) is 108 cm³/mol. The molecule has 2 aromatic heterocycles. The van der Waals surface area contributed by atoms with Crippen LogP contribution in [-0.2, 0) is 24.3 Å². The van der Waals surface area contributed by atoms with E-state index in [0.717, 1.165) is 42.0 Å². The van der Waals surface area contributed by atoms with Crippen LogP contribution in [0.1, 0.15) is 47.3 Å². The highest BCUT2D eigenvalue weighted by molar-refractivity contribution is 6.30. The Bertz CT molecular complexity index is 944. The van der Waals surface area contributed by atoms with E-state index in [9.17, 15) is 9.90 Å². The van der Waals surface area contributed by atoms with Gasteiger partial charge in [0, 0.05) is 32.0 Å². The number of ether oxygens (including phenoxy) is 1. The Kier molecular flexibility index (Phi) is 6.54. The lowest BCUT2D eigenvalue weighted by molar-refractivity contribution is 0.0688. The van der Waals surface area contributed by atoms with Crippen molar-refractivity contribution in [3.05, 3.63) is 70.5 Å². The van der Waals surface area contributed by atoms with Crippen molar-refractivity contribution in [3.63, 3.8) is 0 Å². The molecule has 0 spiro atoms. The Morgan fingerprint density at radius 1 is 1.25 bits per heavy atom. The first-order valence-corrected chi connectivity index (χ1v) is 9.65. The van der Waals surface area contributed by atoms with Gasteiger partial charge in [0.25, 0.3) is 0 Å². The topological polar surface area (TPSA) is 69.3 Å². The maximum Gasteiger partial charge on any atom is 0.352 e. The SMILES string of the molecule is CCCCc1nc(Cl)c(COC)n1Cc1ccc(-n2cccc2C(=O)O)cc1. The zero-order valence-electron chi connectivity index (χ0n) is 16.1. The van der Waals surface area contributed by atoms with Crippen molar-refractivity contribution in [2.75, 3.05) is 7.11 Å². The van der Waals surface area contributed by atoms with Gasteiger partial charge in [-0.2, -0.15) is 0 Å². The summed E-state index contributed by atoms with van der Waals surface area (Å²) in [4.78, 5) is 15.9. The Labute approximate surface area is 169 Å². The van der Waals surface area contributed by atoms with E-state index >= 15 is 0 Å². The molecule has 0 fully saturated rings. The van der Waals surface area contributed by atoms with Gasteiger partial charge < -0.3 is 19.0 Å². The minimum Gasteiger partial charge on any atom is -0.477 e. The fourth-order valence-electron chi connectivity index (χ4n) is 3.22. The molecule has 0 amide bonds. The summed E-state index contributed by atoms with van der Waals surface area (Å²) in [7, 11) is 1.64. The molecule has 0 radical (unpaired) electrons. The average molecular weight is 402 g/mol. The van der Waals surface area contributed by atoms with E-state index in [2.05, 4.69) is 16.5 Å². The summed E-state index contributed by atoms with van der Waals surface area (Å²) in [5, 5.41) is 9.78. The largest absolute Gasteiger partial charge is 0.477 e. The molecule has 28 heavy (non-hydrogen) atoms. The van der Waals surface area contributed by atoms with Crippen LogP contribution in [-0.4, -0.2) is 32.3 Å². The first kappa shape index (κ1) is 20.2.